The van der Waals surface area contributed by atoms with Crippen LogP contribution in [0.4, 0.5) is 0 Å². The standard InChI is InChI=1S/C12H22N4/c1-4-9(2)10(3)15-11-6-5-7-16-12(11)13-8-14-16/h8-11,15H,4-7H2,1-3H3. The van der Waals surface area contributed by atoms with E-state index in [1.807, 2.05) is 4.68 Å². The molecule has 0 spiro atoms. The molecular formula is C12H22N4. The largest absolute Gasteiger partial charge is 0.305 e. The highest BCUT2D eigenvalue weighted by molar-refractivity contribution is 4.98. The van der Waals surface area contributed by atoms with Gasteiger partial charge in [0.25, 0.3) is 0 Å². The molecule has 1 aromatic heterocycles. The summed E-state index contributed by atoms with van der Waals surface area (Å²) in [5.41, 5.74) is 0. The van der Waals surface area contributed by atoms with E-state index in [0.717, 1.165) is 12.4 Å². The van der Waals surface area contributed by atoms with Gasteiger partial charge in [0.15, 0.2) is 0 Å². The van der Waals surface area contributed by atoms with E-state index in [1.54, 1.807) is 6.33 Å². The Morgan fingerprint density at radius 1 is 1.56 bits per heavy atom. The van der Waals surface area contributed by atoms with Crippen LogP contribution in [0.5, 0.6) is 0 Å². The molecule has 0 saturated heterocycles. The predicted octanol–water partition coefficient (Wildman–Crippen LogP) is 2.14. The quantitative estimate of drug-likeness (QED) is 0.848. The molecule has 16 heavy (non-hydrogen) atoms. The fourth-order valence-corrected chi connectivity index (χ4v) is 2.28. The summed E-state index contributed by atoms with van der Waals surface area (Å²) < 4.78 is 2.03. The lowest BCUT2D eigenvalue weighted by atomic mass is 9.98. The van der Waals surface area contributed by atoms with Crippen molar-refractivity contribution >= 4 is 0 Å². The summed E-state index contributed by atoms with van der Waals surface area (Å²) >= 11 is 0. The molecule has 2 heterocycles. The second-order valence-corrected chi connectivity index (χ2v) is 4.88. The van der Waals surface area contributed by atoms with Gasteiger partial charge in [-0.2, -0.15) is 5.10 Å². The number of nitrogens with one attached hydrogen (secondary N) is 1. The minimum atomic E-state index is 0.389. The maximum atomic E-state index is 4.37. The van der Waals surface area contributed by atoms with Gasteiger partial charge in [0, 0.05) is 12.6 Å². The Labute approximate surface area is 97.5 Å². The van der Waals surface area contributed by atoms with Gasteiger partial charge in [-0.1, -0.05) is 20.3 Å². The van der Waals surface area contributed by atoms with Gasteiger partial charge in [0.05, 0.1) is 6.04 Å². The molecule has 1 N–H and O–H groups in total. The van der Waals surface area contributed by atoms with E-state index in [-0.39, 0.29) is 0 Å². The monoisotopic (exact) mass is 222 g/mol. The average molecular weight is 222 g/mol. The molecule has 0 bridgehead atoms. The van der Waals surface area contributed by atoms with Crippen molar-refractivity contribution in [2.75, 3.05) is 0 Å². The van der Waals surface area contributed by atoms with Crippen LogP contribution in [0.3, 0.4) is 0 Å². The number of nitrogens with zero attached hydrogens (tertiary/aromatic N) is 3. The topological polar surface area (TPSA) is 42.7 Å². The normalized spacial score (nSPS) is 23.8. The van der Waals surface area contributed by atoms with Crippen molar-refractivity contribution in [2.24, 2.45) is 5.92 Å². The van der Waals surface area contributed by atoms with Gasteiger partial charge >= 0.3 is 0 Å². The van der Waals surface area contributed by atoms with Crippen molar-refractivity contribution in [3.63, 3.8) is 0 Å². The second kappa shape index (κ2) is 4.95. The minimum Gasteiger partial charge on any atom is -0.305 e. The molecular weight excluding hydrogens is 200 g/mol. The summed E-state index contributed by atoms with van der Waals surface area (Å²) in [5.74, 6) is 1.82. The first-order valence-electron chi connectivity index (χ1n) is 6.36. The van der Waals surface area contributed by atoms with Crippen molar-refractivity contribution < 1.29 is 0 Å². The summed E-state index contributed by atoms with van der Waals surface area (Å²) in [6, 6.07) is 0.929. The molecule has 3 atom stereocenters. The number of aromatic nitrogens is 3. The number of hydrogen-bond acceptors (Lipinski definition) is 3. The zero-order chi connectivity index (χ0) is 11.5. The summed E-state index contributed by atoms with van der Waals surface area (Å²) in [4.78, 5) is 4.37. The van der Waals surface area contributed by atoms with Gasteiger partial charge in [-0.3, -0.25) is 0 Å². The Morgan fingerprint density at radius 3 is 3.12 bits per heavy atom. The third-order valence-corrected chi connectivity index (χ3v) is 3.78. The molecule has 0 aliphatic carbocycles. The lowest BCUT2D eigenvalue weighted by Crippen LogP contribution is -2.38. The first-order chi connectivity index (χ1) is 7.72. The third kappa shape index (κ3) is 2.26. The molecule has 1 aliphatic rings. The first-order valence-corrected chi connectivity index (χ1v) is 6.36. The van der Waals surface area contributed by atoms with E-state index in [2.05, 4.69) is 36.2 Å². The van der Waals surface area contributed by atoms with Crippen LogP contribution in [0.1, 0.15) is 51.9 Å². The first kappa shape index (κ1) is 11.6. The third-order valence-electron chi connectivity index (χ3n) is 3.78. The van der Waals surface area contributed by atoms with Crippen LogP contribution >= 0.6 is 0 Å². The molecule has 90 valence electrons. The van der Waals surface area contributed by atoms with Crippen molar-refractivity contribution in [1.82, 2.24) is 20.1 Å². The van der Waals surface area contributed by atoms with E-state index in [0.29, 0.717) is 18.0 Å². The lowest BCUT2D eigenvalue weighted by molar-refractivity contribution is 0.297. The highest BCUT2D eigenvalue weighted by atomic mass is 15.3. The Kier molecular flexibility index (Phi) is 3.59. The molecule has 0 amide bonds. The molecule has 0 aromatic carbocycles. The highest BCUT2D eigenvalue weighted by Gasteiger charge is 2.24. The molecule has 4 nitrogen and oxygen atoms in total. The summed E-state index contributed by atoms with van der Waals surface area (Å²) in [7, 11) is 0. The molecule has 1 aliphatic heterocycles. The van der Waals surface area contributed by atoms with Crippen molar-refractivity contribution in [3.05, 3.63) is 12.2 Å². The van der Waals surface area contributed by atoms with E-state index >= 15 is 0 Å². The van der Waals surface area contributed by atoms with Crippen LogP contribution < -0.4 is 5.32 Å². The van der Waals surface area contributed by atoms with E-state index < -0.39 is 0 Å². The molecule has 1 aromatic rings. The Hall–Kier alpha value is -0.900. The Bertz CT molecular complexity index is 334. The number of hydrogen-bond donors (Lipinski definition) is 1. The Morgan fingerprint density at radius 2 is 2.38 bits per heavy atom. The zero-order valence-corrected chi connectivity index (χ0v) is 10.5. The lowest BCUT2D eigenvalue weighted by Gasteiger charge is -2.29. The number of aryl methyl sites for hydroxylation is 1. The van der Waals surface area contributed by atoms with Crippen LogP contribution in [-0.4, -0.2) is 20.8 Å². The van der Waals surface area contributed by atoms with Gasteiger partial charge < -0.3 is 5.32 Å². The van der Waals surface area contributed by atoms with Gasteiger partial charge in [-0.15, -0.1) is 0 Å². The van der Waals surface area contributed by atoms with Crippen LogP contribution in [-0.2, 0) is 6.54 Å². The van der Waals surface area contributed by atoms with Gasteiger partial charge in [-0.05, 0) is 25.7 Å². The summed E-state index contributed by atoms with van der Waals surface area (Å²) in [5, 5.41) is 7.93. The molecule has 2 rings (SSSR count). The predicted molar refractivity (Wildman–Crippen MR) is 64.0 cm³/mol. The Balaban J connectivity index is 2.02. The molecule has 0 saturated carbocycles. The van der Waals surface area contributed by atoms with Gasteiger partial charge in [-0.25, -0.2) is 9.67 Å². The van der Waals surface area contributed by atoms with Crippen LogP contribution in [0.25, 0.3) is 0 Å². The van der Waals surface area contributed by atoms with Crippen molar-refractivity contribution in [1.29, 1.82) is 0 Å². The van der Waals surface area contributed by atoms with Crippen LogP contribution in [0, 0.1) is 5.92 Å². The zero-order valence-electron chi connectivity index (χ0n) is 10.5. The summed E-state index contributed by atoms with van der Waals surface area (Å²) in [6.07, 6.45) is 5.26. The maximum absolute atomic E-state index is 4.37. The maximum Gasteiger partial charge on any atom is 0.143 e. The van der Waals surface area contributed by atoms with Crippen molar-refractivity contribution in [3.8, 4) is 0 Å². The number of fused-ring (bicyclic) bond motifs is 1. The fourth-order valence-electron chi connectivity index (χ4n) is 2.28. The van der Waals surface area contributed by atoms with Gasteiger partial charge in [0.1, 0.15) is 12.2 Å². The van der Waals surface area contributed by atoms with Crippen molar-refractivity contribution in [2.45, 2.75) is 58.7 Å². The fraction of sp³-hybridized carbons (Fsp3) is 0.833. The second-order valence-electron chi connectivity index (χ2n) is 4.88. The van der Waals surface area contributed by atoms with Crippen LogP contribution in [0.15, 0.2) is 6.33 Å². The SMILES string of the molecule is CCC(C)C(C)NC1CCCn2ncnc21. The molecule has 3 unspecified atom stereocenters. The average Bonchev–Trinajstić information content (AvgIpc) is 2.77. The van der Waals surface area contributed by atoms with Gasteiger partial charge in [0.2, 0.25) is 0 Å². The molecule has 0 fully saturated rings. The smallest absolute Gasteiger partial charge is 0.143 e. The summed E-state index contributed by atoms with van der Waals surface area (Å²) in [6.45, 7) is 7.83. The molecule has 4 heteroatoms. The van der Waals surface area contributed by atoms with E-state index in [4.69, 9.17) is 0 Å². The number of rotatable bonds is 4. The molecule has 0 radical (unpaired) electrons. The van der Waals surface area contributed by atoms with E-state index in [1.165, 1.54) is 19.3 Å². The van der Waals surface area contributed by atoms with Crippen LogP contribution in [0.2, 0.25) is 0 Å². The van der Waals surface area contributed by atoms with E-state index in [9.17, 15) is 0 Å². The highest BCUT2D eigenvalue weighted by Crippen LogP contribution is 2.23. The minimum absolute atomic E-state index is 0.389.